The second kappa shape index (κ2) is 7.75. The minimum Gasteiger partial charge on any atom is -0.444 e. The SMILES string of the molecule is CC(C)(C)OC(=O)N1CCC[C@H]1c1ncn(C2CCCCCCC2)n1. The molecule has 1 amide bonds. The maximum Gasteiger partial charge on any atom is 0.410 e. The molecule has 0 radical (unpaired) electrons. The van der Waals surface area contributed by atoms with Crippen molar-refractivity contribution in [2.75, 3.05) is 6.54 Å². The molecule has 2 fully saturated rings. The molecule has 1 aliphatic carbocycles. The van der Waals surface area contributed by atoms with E-state index in [1.807, 2.05) is 31.8 Å². The average Bonchev–Trinajstić information content (AvgIpc) is 3.13. The van der Waals surface area contributed by atoms with Gasteiger partial charge in [-0.15, -0.1) is 0 Å². The number of nitrogens with zero attached hydrogens (tertiary/aromatic N) is 4. The molecule has 3 rings (SSSR count). The van der Waals surface area contributed by atoms with Gasteiger partial charge in [0, 0.05) is 6.54 Å². The highest BCUT2D eigenvalue weighted by Crippen LogP contribution is 2.32. The van der Waals surface area contributed by atoms with Crippen LogP contribution in [0.3, 0.4) is 0 Å². The zero-order chi connectivity index (χ0) is 17.9. The molecule has 0 spiro atoms. The van der Waals surface area contributed by atoms with Crippen molar-refractivity contribution in [2.24, 2.45) is 0 Å². The van der Waals surface area contributed by atoms with Crippen molar-refractivity contribution in [2.45, 2.75) is 96.2 Å². The van der Waals surface area contributed by atoms with E-state index in [1.54, 1.807) is 4.90 Å². The highest BCUT2D eigenvalue weighted by Gasteiger charge is 2.35. The lowest BCUT2D eigenvalue weighted by atomic mass is 9.97. The van der Waals surface area contributed by atoms with Crippen LogP contribution >= 0.6 is 0 Å². The van der Waals surface area contributed by atoms with Gasteiger partial charge in [-0.3, -0.25) is 4.90 Å². The summed E-state index contributed by atoms with van der Waals surface area (Å²) in [4.78, 5) is 18.8. The maximum absolute atomic E-state index is 12.5. The quantitative estimate of drug-likeness (QED) is 0.781. The minimum absolute atomic E-state index is 0.0512. The molecular formula is C19H32N4O2. The van der Waals surface area contributed by atoms with Gasteiger partial charge in [0.1, 0.15) is 11.9 Å². The van der Waals surface area contributed by atoms with Crippen LogP contribution < -0.4 is 0 Å². The van der Waals surface area contributed by atoms with E-state index < -0.39 is 5.60 Å². The normalized spacial score (nSPS) is 23.3. The summed E-state index contributed by atoms with van der Waals surface area (Å²) in [5.41, 5.74) is -0.476. The standard InChI is InChI=1S/C19H32N4O2/c1-19(2,3)25-18(24)22-13-9-12-16(22)17-20-14-23(21-17)15-10-7-5-4-6-8-11-15/h14-16H,4-13H2,1-3H3/t16-/m0/s1. The Bertz CT molecular complexity index is 570. The lowest BCUT2D eigenvalue weighted by Gasteiger charge is -2.27. The van der Waals surface area contributed by atoms with Gasteiger partial charge >= 0.3 is 6.09 Å². The predicted molar refractivity (Wildman–Crippen MR) is 96.3 cm³/mol. The number of hydrogen-bond donors (Lipinski definition) is 0. The van der Waals surface area contributed by atoms with Crippen LogP contribution in [0.2, 0.25) is 0 Å². The topological polar surface area (TPSA) is 60.2 Å². The number of aromatic nitrogens is 3. The zero-order valence-electron chi connectivity index (χ0n) is 15.9. The van der Waals surface area contributed by atoms with Gasteiger partial charge in [0.25, 0.3) is 0 Å². The smallest absolute Gasteiger partial charge is 0.410 e. The second-order valence-electron chi connectivity index (χ2n) is 8.41. The first-order chi connectivity index (χ1) is 11.9. The lowest BCUT2D eigenvalue weighted by molar-refractivity contribution is 0.0218. The van der Waals surface area contributed by atoms with E-state index in [0.717, 1.165) is 25.2 Å². The first-order valence-electron chi connectivity index (χ1n) is 9.85. The minimum atomic E-state index is -0.476. The molecule has 2 aliphatic rings. The van der Waals surface area contributed by atoms with E-state index in [1.165, 1.54) is 44.9 Å². The highest BCUT2D eigenvalue weighted by atomic mass is 16.6. The van der Waals surface area contributed by atoms with Gasteiger partial charge in [-0.2, -0.15) is 5.10 Å². The fourth-order valence-corrected chi connectivity index (χ4v) is 3.89. The molecule has 6 heteroatoms. The molecule has 140 valence electrons. The number of hydrogen-bond acceptors (Lipinski definition) is 4. The van der Waals surface area contributed by atoms with Gasteiger partial charge in [-0.05, 0) is 46.5 Å². The summed E-state index contributed by atoms with van der Waals surface area (Å²) in [6, 6.07) is 0.405. The molecule has 0 N–H and O–H groups in total. The lowest BCUT2D eigenvalue weighted by Crippen LogP contribution is -2.36. The number of likely N-dealkylation sites (tertiary alicyclic amines) is 1. The van der Waals surface area contributed by atoms with E-state index in [4.69, 9.17) is 9.84 Å². The van der Waals surface area contributed by atoms with Crippen LogP contribution in [0, 0.1) is 0 Å². The Balaban J connectivity index is 1.68. The van der Waals surface area contributed by atoms with Crippen LogP contribution in [0.4, 0.5) is 4.79 Å². The molecule has 1 aliphatic heterocycles. The Kier molecular flexibility index (Phi) is 5.64. The number of ether oxygens (including phenoxy) is 1. The molecule has 1 aromatic rings. The van der Waals surface area contributed by atoms with Gasteiger partial charge in [0.05, 0.1) is 12.1 Å². The molecule has 2 heterocycles. The molecule has 1 aromatic heterocycles. The summed E-state index contributed by atoms with van der Waals surface area (Å²) in [5.74, 6) is 0.769. The summed E-state index contributed by atoms with van der Waals surface area (Å²) >= 11 is 0. The average molecular weight is 348 g/mol. The van der Waals surface area contributed by atoms with Gasteiger partial charge in [0.15, 0.2) is 5.82 Å². The van der Waals surface area contributed by atoms with E-state index in [0.29, 0.717) is 6.04 Å². The summed E-state index contributed by atoms with van der Waals surface area (Å²) in [7, 11) is 0. The molecular weight excluding hydrogens is 316 g/mol. The van der Waals surface area contributed by atoms with Gasteiger partial charge in [-0.25, -0.2) is 14.5 Å². The van der Waals surface area contributed by atoms with Crippen molar-refractivity contribution in [1.29, 1.82) is 0 Å². The van der Waals surface area contributed by atoms with Crippen LogP contribution in [0.15, 0.2) is 6.33 Å². The molecule has 0 aromatic carbocycles. The first-order valence-corrected chi connectivity index (χ1v) is 9.85. The fourth-order valence-electron chi connectivity index (χ4n) is 3.89. The molecule has 1 saturated heterocycles. The van der Waals surface area contributed by atoms with Crippen molar-refractivity contribution in [3.8, 4) is 0 Å². The molecule has 1 saturated carbocycles. The number of amides is 1. The van der Waals surface area contributed by atoms with Crippen molar-refractivity contribution in [3.63, 3.8) is 0 Å². The number of carbonyl (C=O) groups is 1. The summed E-state index contributed by atoms with van der Waals surface area (Å²) in [5, 5.41) is 4.77. The number of carbonyl (C=O) groups excluding carboxylic acids is 1. The van der Waals surface area contributed by atoms with E-state index in [-0.39, 0.29) is 12.1 Å². The van der Waals surface area contributed by atoms with Crippen molar-refractivity contribution in [3.05, 3.63) is 12.2 Å². The van der Waals surface area contributed by atoms with Gasteiger partial charge in [0.2, 0.25) is 0 Å². The zero-order valence-corrected chi connectivity index (χ0v) is 15.9. The molecule has 6 nitrogen and oxygen atoms in total. The van der Waals surface area contributed by atoms with E-state index in [9.17, 15) is 4.79 Å². The third-order valence-corrected chi connectivity index (χ3v) is 5.15. The van der Waals surface area contributed by atoms with E-state index in [2.05, 4.69) is 4.98 Å². The molecule has 0 unspecified atom stereocenters. The predicted octanol–water partition coefficient (Wildman–Crippen LogP) is 4.64. The first kappa shape index (κ1) is 18.2. The monoisotopic (exact) mass is 348 g/mol. The molecule has 1 atom stereocenters. The van der Waals surface area contributed by atoms with Crippen LogP contribution in [0.5, 0.6) is 0 Å². The van der Waals surface area contributed by atoms with Gasteiger partial charge in [-0.1, -0.05) is 32.1 Å². The highest BCUT2D eigenvalue weighted by molar-refractivity contribution is 5.69. The number of rotatable bonds is 2. The van der Waals surface area contributed by atoms with Gasteiger partial charge < -0.3 is 4.74 Å². The Morgan fingerprint density at radius 3 is 2.44 bits per heavy atom. The Morgan fingerprint density at radius 1 is 1.08 bits per heavy atom. The van der Waals surface area contributed by atoms with Crippen molar-refractivity contribution in [1.82, 2.24) is 19.7 Å². The summed E-state index contributed by atoms with van der Waals surface area (Å²) in [6.45, 7) is 6.42. The fraction of sp³-hybridized carbons (Fsp3) is 0.842. The summed E-state index contributed by atoms with van der Waals surface area (Å²) < 4.78 is 7.60. The van der Waals surface area contributed by atoms with Crippen LogP contribution in [0.1, 0.15) is 96.5 Å². The largest absolute Gasteiger partial charge is 0.444 e. The Hall–Kier alpha value is -1.59. The van der Waals surface area contributed by atoms with E-state index >= 15 is 0 Å². The van der Waals surface area contributed by atoms with Crippen LogP contribution in [0.25, 0.3) is 0 Å². The van der Waals surface area contributed by atoms with Crippen LogP contribution in [-0.2, 0) is 4.74 Å². The second-order valence-corrected chi connectivity index (χ2v) is 8.41. The summed E-state index contributed by atoms with van der Waals surface area (Å²) in [6.07, 6.45) is 12.4. The third kappa shape index (κ3) is 4.73. The molecule has 25 heavy (non-hydrogen) atoms. The Labute approximate surface area is 150 Å². The third-order valence-electron chi connectivity index (χ3n) is 5.15. The van der Waals surface area contributed by atoms with Crippen LogP contribution in [-0.4, -0.2) is 37.9 Å². The van der Waals surface area contributed by atoms with Crippen molar-refractivity contribution < 1.29 is 9.53 Å². The maximum atomic E-state index is 12.5. The molecule has 0 bridgehead atoms. The Morgan fingerprint density at radius 2 is 1.76 bits per heavy atom. The van der Waals surface area contributed by atoms with Crippen molar-refractivity contribution >= 4 is 6.09 Å².